The fourth-order valence-corrected chi connectivity index (χ4v) is 5.80. The van der Waals surface area contributed by atoms with E-state index >= 15 is 0 Å². The molecule has 0 radical (unpaired) electrons. The summed E-state index contributed by atoms with van der Waals surface area (Å²) in [5.41, 5.74) is 0. The van der Waals surface area contributed by atoms with Gasteiger partial charge in [-0.3, -0.25) is 4.99 Å². The molecule has 2 saturated heterocycles. The fraction of sp³-hybridized carbons (Fsp3) is 0.941. The number of likely N-dealkylation sites (tertiary alicyclic amines) is 1. The maximum absolute atomic E-state index is 11.9. The first-order valence-electron chi connectivity index (χ1n) is 9.49. The monoisotopic (exact) mass is 484 g/mol. The van der Waals surface area contributed by atoms with Crippen LogP contribution < -0.4 is 5.32 Å². The summed E-state index contributed by atoms with van der Waals surface area (Å²) in [6.45, 7) is 6.38. The Balaban J connectivity index is 0.00000225. The Morgan fingerprint density at radius 2 is 1.76 bits per heavy atom. The predicted molar refractivity (Wildman–Crippen MR) is 113 cm³/mol. The second-order valence-electron chi connectivity index (χ2n) is 7.57. The van der Waals surface area contributed by atoms with Crippen LogP contribution in [0.25, 0.3) is 0 Å². The third kappa shape index (κ3) is 5.22. The molecule has 25 heavy (non-hydrogen) atoms. The highest BCUT2D eigenvalue weighted by atomic mass is 127. The van der Waals surface area contributed by atoms with Gasteiger partial charge in [0.05, 0.1) is 12.8 Å². The van der Waals surface area contributed by atoms with E-state index in [1.807, 2.05) is 0 Å². The second-order valence-corrected chi connectivity index (χ2v) is 9.51. The molecule has 1 saturated carbocycles. The van der Waals surface area contributed by atoms with Crippen molar-refractivity contribution in [2.75, 3.05) is 39.0 Å². The molecule has 2 aliphatic heterocycles. The molecule has 6 nitrogen and oxygen atoms in total. The molecule has 2 heterocycles. The Morgan fingerprint density at radius 1 is 1.12 bits per heavy atom. The first kappa shape index (κ1) is 21.2. The Kier molecular flexibility index (Phi) is 7.82. The van der Waals surface area contributed by atoms with Crippen molar-refractivity contribution in [2.24, 2.45) is 16.8 Å². The summed E-state index contributed by atoms with van der Waals surface area (Å²) < 4.78 is 25.4. The van der Waals surface area contributed by atoms with Crippen LogP contribution in [-0.2, 0) is 10.0 Å². The molecule has 3 fully saturated rings. The van der Waals surface area contributed by atoms with Gasteiger partial charge < -0.3 is 10.2 Å². The number of halogens is 1. The van der Waals surface area contributed by atoms with Gasteiger partial charge in [0.25, 0.3) is 0 Å². The average Bonchev–Trinajstić information content (AvgIpc) is 3.17. The lowest BCUT2D eigenvalue weighted by Crippen LogP contribution is -2.42. The topological polar surface area (TPSA) is 65.0 Å². The van der Waals surface area contributed by atoms with Crippen LogP contribution in [0, 0.1) is 11.8 Å². The van der Waals surface area contributed by atoms with Crippen LogP contribution in [0.5, 0.6) is 0 Å². The van der Waals surface area contributed by atoms with Crippen molar-refractivity contribution >= 4 is 40.0 Å². The minimum atomic E-state index is -3.12. The number of aliphatic imine (C=N–C) groups is 1. The zero-order valence-electron chi connectivity index (χ0n) is 15.5. The first-order valence-corrected chi connectivity index (χ1v) is 11.3. The lowest BCUT2D eigenvalue weighted by atomic mass is 9.82. The van der Waals surface area contributed by atoms with E-state index in [1.54, 1.807) is 4.31 Å². The number of hydrogen-bond acceptors (Lipinski definition) is 3. The van der Waals surface area contributed by atoms with Crippen LogP contribution in [0.3, 0.4) is 0 Å². The smallest absolute Gasteiger partial charge is 0.211 e. The highest BCUT2D eigenvalue weighted by molar-refractivity contribution is 14.0. The third-order valence-corrected chi connectivity index (χ3v) is 7.14. The first-order chi connectivity index (χ1) is 11.5. The molecule has 0 aromatic carbocycles. The largest absolute Gasteiger partial charge is 0.357 e. The number of hydrogen-bond donors (Lipinski definition) is 1. The van der Waals surface area contributed by atoms with E-state index in [1.165, 1.54) is 31.9 Å². The molecular formula is C17H33IN4O2S. The molecule has 146 valence electrons. The number of fused-ring (bicyclic) bond motifs is 1. The van der Waals surface area contributed by atoms with E-state index in [-0.39, 0.29) is 30.0 Å². The van der Waals surface area contributed by atoms with Gasteiger partial charge in [-0.05, 0) is 44.4 Å². The van der Waals surface area contributed by atoms with E-state index in [4.69, 9.17) is 4.99 Å². The van der Waals surface area contributed by atoms with Gasteiger partial charge in [-0.15, -0.1) is 24.0 Å². The number of guanidine groups is 1. The summed E-state index contributed by atoms with van der Waals surface area (Å²) in [5.74, 6) is 2.62. The summed E-state index contributed by atoms with van der Waals surface area (Å²) in [6, 6.07) is 0.0264. The van der Waals surface area contributed by atoms with Gasteiger partial charge in [-0.25, -0.2) is 8.42 Å². The quantitative estimate of drug-likeness (QED) is 0.377. The average molecular weight is 484 g/mol. The number of nitrogens with zero attached hydrogens (tertiary/aromatic N) is 3. The Hall–Kier alpha value is -0.0900. The molecule has 1 N–H and O–H groups in total. The number of sulfonamides is 1. The molecule has 3 atom stereocenters. The van der Waals surface area contributed by atoms with Crippen molar-refractivity contribution in [3.05, 3.63) is 0 Å². The summed E-state index contributed by atoms with van der Waals surface area (Å²) in [6.07, 6.45) is 8.61. The Morgan fingerprint density at radius 3 is 2.32 bits per heavy atom. The molecule has 0 amide bonds. The Bertz CT molecular complexity index is 555. The fourth-order valence-electron chi connectivity index (χ4n) is 4.62. The molecule has 8 heteroatoms. The van der Waals surface area contributed by atoms with Gasteiger partial charge in [0.2, 0.25) is 10.0 Å². The predicted octanol–water partition coefficient (Wildman–Crippen LogP) is 2.12. The maximum Gasteiger partial charge on any atom is 0.211 e. The van der Waals surface area contributed by atoms with Gasteiger partial charge >= 0.3 is 0 Å². The van der Waals surface area contributed by atoms with E-state index in [9.17, 15) is 8.42 Å². The van der Waals surface area contributed by atoms with Crippen molar-refractivity contribution in [3.8, 4) is 0 Å². The number of nitrogens with one attached hydrogen (secondary N) is 1. The van der Waals surface area contributed by atoms with E-state index < -0.39 is 10.0 Å². The van der Waals surface area contributed by atoms with Crippen LogP contribution in [0.4, 0.5) is 0 Å². The molecule has 3 rings (SSSR count). The zero-order chi connectivity index (χ0) is 17.2. The van der Waals surface area contributed by atoms with Crippen LogP contribution >= 0.6 is 24.0 Å². The standard InChI is InChI=1S/C17H32N4O2S.HI/c1-3-18-17(20-12-14-7-4-5-8-15(14)13-20)19-11-16-9-6-10-21(16)24(2,22)23;/h14-16H,3-13H2,1-2H3,(H,18,19);1H/t14?,15?,16-;/m1./s1. The van der Waals surface area contributed by atoms with Crippen LogP contribution in [0.2, 0.25) is 0 Å². The Labute approximate surface area is 169 Å². The van der Waals surface area contributed by atoms with Crippen molar-refractivity contribution in [1.29, 1.82) is 0 Å². The molecule has 0 spiro atoms. The van der Waals surface area contributed by atoms with Gasteiger partial charge in [0, 0.05) is 32.2 Å². The van der Waals surface area contributed by atoms with Crippen LogP contribution in [0.1, 0.15) is 45.4 Å². The lowest BCUT2D eigenvalue weighted by Gasteiger charge is -2.24. The van der Waals surface area contributed by atoms with Gasteiger partial charge in [0.15, 0.2) is 5.96 Å². The highest BCUT2D eigenvalue weighted by Crippen LogP contribution is 2.36. The molecule has 0 aromatic rings. The SMILES string of the molecule is CCNC(=NC[C@H]1CCCN1S(C)(=O)=O)N1CC2CCCCC2C1.I. The lowest BCUT2D eigenvalue weighted by molar-refractivity contribution is 0.299. The summed E-state index contributed by atoms with van der Waals surface area (Å²) in [7, 11) is -3.12. The number of rotatable bonds is 4. The van der Waals surface area contributed by atoms with E-state index in [0.717, 1.165) is 50.3 Å². The molecular weight excluding hydrogens is 451 g/mol. The maximum atomic E-state index is 11.9. The highest BCUT2D eigenvalue weighted by Gasteiger charge is 2.36. The summed E-state index contributed by atoms with van der Waals surface area (Å²) >= 11 is 0. The second kappa shape index (κ2) is 9.21. The minimum absolute atomic E-state index is 0. The minimum Gasteiger partial charge on any atom is -0.357 e. The summed E-state index contributed by atoms with van der Waals surface area (Å²) in [5, 5.41) is 3.42. The van der Waals surface area contributed by atoms with Gasteiger partial charge in [-0.2, -0.15) is 4.31 Å². The van der Waals surface area contributed by atoms with Crippen molar-refractivity contribution in [3.63, 3.8) is 0 Å². The molecule has 1 aliphatic carbocycles. The van der Waals surface area contributed by atoms with Crippen LogP contribution in [0.15, 0.2) is 4.99 Å². The normalized spacial score (nSPS) is 30.9. The molecule has 3 aliphatic rings. The molecule has 0 aromatic heterocycles. The van der Waals surface area contributed by atoms with Crippen molar-refractivity contribution in [2.45, 2.75) is 51.5 Å². The van der Waals surface area contributed by atoms with E-state index in [2.05, 4.69) is 17.1 Å². The van der Waals surface area contributed by atoms with Gasteiger partial charge in [0.1, 0.15) is 0 Å². The zero-order valence-corrected chi connectivity index (χ0v) is 18.6. The van der Waals surface area contributed by atoms with Crippen LogP contribution in [-0.4, -0.2) is 68.6 Å². The van der Waals surface area contributed by atoms with E-state index in [0.29, 0.717) is 13.1 Å². The molecule has 2 unspecified atom stereocenters. The van der Waals surface area contributed by atoms with Gasteiger partial charge in [-0.1, -0.05) is 12.8 Å². The van der Waals surface area contributed by atoms with Crippen molar-refractivity contribution in [1.82, 2.24) is 14.5 Å². The summed E-state index contributed by atoms with van der Waals surface area (Å²) in [4.78, 5) is 7.23. The third-order valence-electron chi connectivity index (χ3n) is 5.81. The molecule has 0 bridgehead atoms. The van der Waals surface area contributed by atoms with Crippen molar-refractivity contribution < 1.29 is 8.42 Å².